The van der Waals surface area contributed by atoms with Crippen LogP contribution in [-0.4, -0.2) is 53.5 Å². The molecule has 0 radical (unpaired) electrons. The lowest BCUT2D eigenvalue weighted by Crippen LogP contribution is -2.56. The molecule has 4 amide bonds. The van der Waals surface area contributed by atoms with Crippen LogP contribution in [0, 0.1) is 0 Å². The summed E-state index contributed by atoms with van der Waals surface area (Å²) in [6.07, 6.45) is 0.536. The number of aliphatic hydroxyl groups excluding tert-OH is 1. The van der Waals surface area contributed by atoms with Gasteiger partial charge in [-0.15, -0.1) is 0 Å². The van der Waals surface area contributed by atoms with Crippen LogP contribution in [-0.2, 0) is 19.2 Å². The van der Waals surface area contributed by atoms with E-state index in [4.69, 9.17) is 0 Å². The zero-order valence-corrected chi connectivity index (χ0v) is 16.6. The second-order valence-electron chi connectivity index (χ2n) is 6.92. The molecule has 1 aliphatic rings. The van der Waals surface area contributed by atoms with Crippen LogP contribution in [0.25, 0.3) is 0 Å². The van der Waals surface area contributed by atoms with Gasteiger partial charge in [-0.1, -0.05) is 44.2 Å². The van der Waals surface area contributed by atoms with Crippen molar-refractivity contribution in [1.29, 1.82) is 0 Å². The predicted octanol–water partition coefficient (Wildman–Crippen LogP) is -0.486. The van der Waals surface area contributed by atoms with Gasteiger partial charge in [-0.25, -0.2) is 0 Å². The molecular weight excluding hydrogens is 376 g/mol. The Hall–Kier alpha value is -2.94. The molecule has 1 saturated heterocycles. The molecule has 0 aromatic heterocycles. The third-order valence-corrected chi connectivity index (χ3v) is 4.82. The SMILES string of the molecule is CC[C@@H]1NC(=O)C[C@H](c2ccccc2)NC(=O)[C@H](CO)NC(=O)[C@H](CC)NC1=O. The minimum Gasteiger partial charge on any atom is -0.394 e. The molecule has 4 atom stereocenters. The largest absolute Gasteiger partial charge is 0.394 e. The first-order valence-corrected chi connectivity index (χ1v) is 9.75. The van der Waals surface area contributed by atoms with Crippen molar-refractivity contribution in [2.45, 2.75) is 57.3 Å². The number of rotatable bonds is 4. The van der Waals surface area contributed by atoms with Crippen molar-refractivity contribution >= 4 is 23.6 Å². The Balaban J connectivity index is 2.36. The van der Waals surface area contributed by atoms with Crippen LogP contribution < -0.4 is 21.3 Å². The maximum Gasteiger partial charge on any atom is 0.245 e. The average Bonchev–Trinajstić information content (AvgIpc) is 2.73. The van der Waals surface area contributed by atoms with Gasteiger partial charge in [-0.3, -0.25) is 19.2 Å². The Kier molecular flexibility index (Phi) is 8.14. The standard InChI is InChI=1S/C20H28N4O5/c1-3-13-18(27)22-14(4-2)19(28)24-16(11-25)20(29)23-15(10-17(26)21-13)12-8-6-5-7-9-12/h5-9,13-16,25H,3-4,10-11H2,1-2H3,(H,21,26)(H,22,27)(H,23,29)(H,24,28)/t13-,14-,15+,16-/m0/s1. The van der Waals surface area contributed by atoms with E-state index in [0.29, 0.717) is 12.0 Å². The Labute approximate surface area is 169 Å². The highest BCUT2D eigenvalue weighted by Gasteiger charge is 2.31. The lowest BCUT2D eigenvalue weighted by atomic mass is 10.0. The summed E-state index contributed by atoms with van der Waals surface area (Å²) >= 11 is 0. The first kappa shape index (κ1) is 22.4. The second-order valence-corrected chi connectivity index (χ2v) is 6.92. The molecule has 1 aliphatic heterocycles. The van der Waals surface area contributed by atoms with E-state index >= 15 is 0 Å². The Morgan fingerprint density at radius 1 is 0.793 bits per heavy atom. The first-order chi connectivity index (χ1) is 13.9. The quantitative estimate of drug-likeness (QED) is 0.461. The smallest absolute Gasteiger partial charge is 0.245 e. The van der Waals surface area contributed by atoms with Crippen molar-refractivity contribution in [3.8, 4) is 0 Å². The molecule has 1 aromatic rings. The van der Waals surface area contributed by atoms with Gasteiger partial charge in [0.2, 0.25) is 23.6 Å². The summed E-state index contributed by atoms with van der Waals surface area (Å²) in [5, 5.41) is 20.1. The van der Waals surface area contributed by atoms with Crippen LogP contribution in [0.5, 0.6) is 0 Å². The van der Waals surface area contributed by atoms with E-state index in [0.717, 1.165) is 0 Å². The van der Waals surface area contributed by atoms with Gasteiger partial charge in [0.05, 0.1) is 19.1 Å². The predicted molar refractivity (Wildman–Crippen MR) is 105 cm³/mol. The molecule has 1 aromatic carbocycles. The van der Waals surface area contributed by atoms with Gasteiger partial charge < -0.3 is 26.4 Å². The number of hydrogen-bond acceptors (Lipinski definition) is 5. The molecule has 0 unspecified atom stereocenters. The molecule has 0 bridgehead atoms. The molecule has 0 aliphatic carbocycles. The Morgan fingerprint density at radius 3 is 1.86 bits per heavy atom. The number of aliphatic hydroxyl groups is 1. The number of carbonyl (C=O) groups excluding carboxylic acids is 4. The molecule has 1 heterocycles. The van der Waals surface area contributed by atoms with Crippen LogP contribution in [0.1, 0.15) is 44.7 Å². The molecule has 9 nitrogen and oxygen atoms in total. The molecular formula is C20H28N4O5. The highest BCUT2D eigenvalue weighted by atomic mass is 16.3. The second kappa shape index (κ2) is 10.6. The summed E-state index contributed by atoms with van der Waals surface area (Å²) in [7, 11) is 0. The van der Waals surface area contributed by atoms with Crippen molar-refractivity contribution in [2.24, 2.45) is 0 Å². The van der Waals surface area contributed by atoms with E-state index in [1.807, 2.05) is 6.07 Å². The van der Waals surface area contributed by atoms with E-state index in [-0.39, 0.29) is 12.8 Å². The topological polar surface area (TPSA) is 137 Å². The number of hydrogen-bond donors (Lipinski definition) is 5. The van der Waals surface area contributed by atoms with Crippen LogP contribution >= 0.6 is 0 Å². The lowest BCUT2D eigenvalue weighted by Gasteiger charge is -2.23. The van der Waals surface area contributed by atoms with Gasteiger partial charge in [0.1, 0.15) is 18.1 Å². The maximum atomic E-state index is 12.7. The maximum absolute atomic E-state index is 12.7. The molecule has 158 valence electrons. The molecule has 9 heteroatoms. The summed E-state index contributed by atoms with van der Waals surface area (Å²) in [5.41, 5.74) is 0.692. The summed E-state index contributed by atoms with van der Waals surface area (Å²) in [6.45, 7) is 2.84. The molecule has 1 fully saturated rings. The Morgan fingerprint density at radius 2 is 1.31 bits per heavy atom. The highest BCUT2D eigenvalue weighted by molar-refractivity contribution is 5.95. The van der Waals surface area contributed by atoms with Crippen molar-refractivity contribution in [2.75, 3.05) is 6.61 Å². The summed E-state index contributed by atoms with van der Waals surface area (Å²) in [5.74, 6) is -2.08. The van der Waals surface area contributed by atoms with Crippen molar-refractivity contribution < 1.29 is 24.3 Å². The van der Waals surface area contributed by atoms with Gasteiger partial charge in [0.25, 0.3) is 0 Å². The summed E-state index contributed by atoms with van der Waals surface area (Å²) in [4.78, 5) is 50.3. The normalized spacial score (nSPS) is 26.7. The number of amides is 4. The lowest BCUT2D eigenvalue weighted by molar-refractivity contribution is -0.133. The van der Waals surface area contributed by atoms with E-state index in [9.17, 15) is 24.3 Å². The fourth-order valence-electron chi connectivity index (χ4n) is 3.09. The van der Waals surface area contributed by atoms with Gasteiger partial charge in [0, 0.05) is 0 Å². The molecule has 5 N–H and O–H groups in total. The van der Waals surface area contributed by atoms with Crippen molar-refractivity contribution in [1.82, 2.24) is 21.3 Å². The van der Waals surface area contributed by atoms with Crippen molar-refractivity contribution in [3.63, 3.8) is 0 Å². The number of nitrogens with one attached hydrogen (secondary N) is 4. The first-order valence-electron chi connectivity index (χ1n) is 9.75. The third-order valence-electron chi connectivity index (χ3n) is 4.82. The van der Waals surface area contributed by atoms with Gasteiger partial charge in [-0.2, -0.15) is 0 Å². The van der Waals surface area contributed by atoms with E-state index in [1.165, 1.54) is 0 Å². The Bertz CT molecular complexity index is 740. The zero-order chi connectivity index (χ0) is 21.4. The monoisotopic (exact) mass is 404 g/mol. The minimum absolute atomic E-state index is 0.0944. The van der Waals surface area contributed by atoms with Gasteiger partial charge in [-0.05, 0) is 18.4 Å². The summed E-state index contributed by atoms with van der Waals surface area (Å²) in [6, 6.07) is 5.32. The number of benzene rings is 1. The van der Waals surface area contributed by atoms with E-state index in [1.54, 1.807) is 38.1 Å². The molecule has 0 saturated carbocycles. The summed E-state index contributed by atoms with van der Waals surface area (Å²) < 4.78 is 0. The van der Waals surface area contributed by atoms with Crippen LogP contribution in [0.2, 0.25) is 0 Å². The van der Waals surface area contributed by atoms with Crippen LogP contribution in [0.4, 0.5) is 0 Å². The molecule has 2 rings (SSSR count). The van der Waals surface area contributed by atoms with Gasteiger partial charge in [0.15, 0.2) is 0 Å². The van der Waals surface area contributed by atoms with Gasteiger partial charge >= 0.3 is 0 Å². The number of carbonyl (C=O) groups is 4. The minimum atomic E-state index is -1.20. The average molecular weight is 404 g/mol. The van der Waals surface area contributed by atoms with Crippen LogP contribution in [0.15, 0.2) is 30.3 Å². The molecule has 0 spiro atoms. The van der Waals surface area contributed by atoms with Crippen LogP contribution in [0.3, 0.4) is 0 Å². The third kappa shape index (κ3) is 6.02. The van der Waals surface area contributed by atoms with E-state index in [2.05, 4.69) is 21.3 Å². The molecule has 29 heavy (non-hydrogen) atoms. The highest BCUT2D eigenvalue weighted by Crippen LogP contribution is 2.17. The van der Waals surface area contributed by atoms with Crippen molar-refractivity contribution in [3.05, 3.63) is 35.9 Å². The fraction of sp³-hybridized carbons (Fsp3) is 0.500. The zero-order valence-electron chi connectivity index (χ0n) is 16.6. The van der Waals surface area contributed by atoms with E-state index < -0.39 is 54.4 Å². The fourth-order valence-corrected chi connectivity index (χ4v) is 3.09.